The molecule has 0 bridgehead atoms. The molecule has 1 aromatic rings. The van der Waals surface area contributed by atoms with Gasteiger partial charge in [0.15, 0.2) is 0 Å². The summed E-state index contributed by atoms with van der Waals surface area (Å²) in [4.78, 5) is 0. The number of hydrogen-bond donors (Lipinski definition) is 0. The Morgan fingerprint density at radius 1 is 1.17 bits per heavy atom. The van der Waals surface area contributed by atoms with Crippen LogP contribution in [0.15, 0.2) is 30.3 Å². The standard InChI is InChI=1S/C9H8O.Dy.Zn/c1-2-6-9-8(4-1)5-3-7-10-9;;/h1-6H,7H2;;. The molecule has 0 radical (unpaired) electrons. The summed E-state index contributed by atoms with van der Waals surface area (Å²) in [6.07, 6.45) is 4.10. The van der Waals surface area contributed by atoms with E-state index in [-0.39, 0.29) is 57.7 Å². The maximum absolute atomic E-state index is 5.34. The van der Waals surface area contributed by atoms with E-state index >= 15 is 0 Å². The predicted molar refractivity (Wildman–Crippen MR) is 41.0 cm³/mol. The number of benzene rings is 1. The summed E-state index contributed by atoms with van der Waals surface area (Å²) in [5.41, 5.74) is 1.17. The molecule has 3 heteroatoms. The van der Waals surface area contributed by atoms with Crippen molar-refractivity contribution >= 4 is 6.08 Å². The fourth-order valence-electron chi connectivity index (χ4n) is 1.06. The van der Waals surface area contributed by atoms with Crippen molar-refractivity contribution in [3.63, 3.8) is 0 Å². The minimum Gasteiger partial charge on any atom is -0.489 e. The third-order valence-electron chi connectivity index (χ3n) is 1.55. The van der Waals surface area contributed by atoms with E-state index in [4.69, 9.17) is 4.74 Å². The zero-order chi connectivity index (χ0) is 6.81. The minimum absolute atomic E-state index is 0. The van der Waals surface area contributed by atoms with Gasteiger partial charge in [-0.25, -0.2) is 0 Å². The van der Waals surface area contributed by atoms with Crippen molar-refractivity contribution < 1.29 is 62.4 Å². The molecule has 12 heavy (non-hydrogen) atoms. The number of ether oxygens (including phenoxy) is 1. The summed E-state index contributed by atoms with van der Waals surface area (Å²) in [6, 6.07) is 8.03. The second kappa shape index (κ2) is 6.16. The van der Waals surface area contributed by atoms with Crippen molar-refractivity contribution in [1.82, 2.24) is 0 Å². The van der Waals surface area contributed by atoms with Crippen molar-refractivity contribution in [2.45, 2.75) is 0 Å². The molecule has 1 aromatic carbocycles. The van der Waals surface area contributed by atoms with Crippen LogP contribution in [0.3, 0.4) is 0 Å². The van der Waals surface area contributed by atoms with E-state index in [2.05, 4.69) is 6.08 Å². The molecular weight excluding hydrogens is 352 g/mol. The van der Waals surface area contributed by atoms with Crippen molar-refractivity contribution in [1.29, 1.82) is 0 Å². The second-order valence-corrected chi connectivity index (χ2v) is 2.25. The van der Waals surface area contributed by atoms with Crippen LogP contribution in [-0.4, -0.2) is 6.61 Å². The minimum atomic E-state index is 0. The van der Waals surface area contributed by atoms with Crippen molar-refractivity contribution in [2.24, 2.45) is 0 Å². The summed E-state index contributed by atoms with van der Waals surface area (Å²) in [5, 5.41) is 0. The molecule has 1 heterocycles. The van der Waals surface area contributed by atoms with Gasteiger partial charge in [-0.05, 0) is 12.1 Å². The summed E-state index contributed by atoms with van der Waals surface area (Å²) >= 11 is 0. The zero-order valence-corrected chi connectivity index (χ0v) is 11.6. The maximum Gasteiger partial charge on any atom is 0.126 e. The molecule has 62 valence electrons. The summed E-state index contributed by atoms with van der Waals surface area (Å²) in [7, 11) is 0. The fourth-order valence-corrected chi connectivity index (χ4v) is 1.06. The van der Waals surface area contributed by atoms with Gasteiger partial charge >= 0.3 is 0 Å². The molecule has 1 nitrogen and oxygen atoms in total. The first-order valence-electron chi connectivity index (χ1n) is 3.35. The zero-order valence-electron chi connectivity index (χ0n) is 6.60. The Morgan fingerprint density at radius 3 is 2.67 bits per heavy atom. The molecule has 1 aliphatic rings. The predicted octanol–water partition coefficient (Wildman–Crippen LogP) is 2.09. The average molecular weight is 360 g/mol. The molecule has 1 aliphatic heterocycles. The van der Waals surface area contributed by atoms with Gasteiger partial charge in [0.25, 0.3) is 0 Å². The third-order valence-corrected chi connectivity index (χ3v) is 1.55. The van der Waals surface area contributed by atoms with E-state index in [0.29, 0.717) is 6.61 Å². The average Bonchev–Trinajstić information content (AvgIpc) is 2.05. The molecule has 0 N–H and O–H groups in total. The van der Waals surface area contributed by atoms with Crippen LogP contribution in [0.4, 0.5) is 0 Å². The fraction of sp³-hybridized carbons (Fsp3) is 0.111. The molecule has 0 fully saturated rings. The van der Waals surface area contributed by atoms with E-state index in [9.17, 15) is 0 Å². The van der Waals surface area contributed by atoms with Crippen LogP contribution in [0.1, 0.15) is 5.56 Å². The van der Waals surface area contributed by atoms with Gasteiger partial charge in [0, 0.05) is 63.2 Å². The van der Waals surface area contributed by atoms with Crippen molar-refractivity contribution in [3.05, 3.63) is 35.9 Å². The number of rotatable bonds is 0. The molecule has 0 saturated heterocycles. The SMILES string of the molecule is C1=Cc2ccccc2OC1.[Dy].[Zn]. The van der Waals surface area contributed by atoms with Crippen molar-refractivity contribution in [2.75, 3.05) is 6.61 Å². The Hall–Kier alpha value is 0.656. The number of hydrogen-bond acceptors (Lipinski definition) is 1. The number of para-hydroxylation sites is 1. The van der Waals surface area contributed by atoms with Crippen LogP contribution in [0.25, 0.3) is 6.08 Å². The van der Waals surface area contributed by atoms with Gasteiger partial charge < -0.3 is 4.74 Å². The van der Waals surface area contributed by atoms with Crippen molar-refractivity contribution in [3.8, 4) is 5.75 Å². The molecule has 0 aliphatic carbocycles. The third kappa shape index (κ3) is 2.85. The van der Waals surface area contributed by atoms with E-state index < -0.39 is 0 Å². The van der Waals surface area contributed by atoms with Gasteiger partial charge in [-0.2, -0.15) is 0 Å². The number of fused-ring (bicyclic) bond motifs is 1. The molecule has 0 unspecified atom stereocenters. The maximum atomic E-state index is 5.34. The Balaban J connectivity index is 0.000000605. The smallest absolute Gasteiger partial charge is 0.126 e. The van der Waals surface area contributed by atoms with Crippen LogP contribution in [0, 0.1) is 38.2 Å². The molecule has 0 amide bonds. The largest absolute Gasteiger partial charge is 0.489 e. The van der Waals surface area contributed by atoms with Crippen LogP contribution >= 0.6 is 0 Å². The van der Waals surface area contributed by atoms with Crippen LogP contribution in [0.2, 0.25) is 0 Å². The van der Waals surface area contributed by atoms with E-state index in [1.807, 2.05) is 30.3 Å². The molecule has 0 saturated carbocycles. The van der Waals surface area contributed by atoms with Gasteiger partial charge in [-0.1, -0.05) is 24.3 Å². The van der Waals surface area contributed by atoms with E-state index in [1.165, 1.54) is 5.56 Å². The van der Waals surface area contributed by atoms with Crippen LogP contribution in [0.5, 0.6) is 5.75 Å². The van der Waals surface area contributed by atoms with Gasteiger partial charge in [0.05, 0.1) is 0 Å². The quantitative estimate of drug-likeness (QED) is 0.644. The van der Waals surface area contributed by atoms with Gasteiger partial charge in [-0.15, -0.1) is 0 Å². The summed E-state index contributed by atoms with van der Waals surface area (Å²) < 4.78 is 5.34. The van der Waals surface area contributed by atoms with E-state index in [0.717, 1.165) is 5.75 Å². The first kappa shape index (κ1) is 12.7. The molecule has 0 spiro atoms. The monoisotopic (exact) mass is 360 g/mol. The Bertz CT molecular complexity index is 273. The molecular formula is C9H8DyOZn. The first-order chi connectivity index (χ1) is 4.97. The molecule has 0 aromatic heterocycles. The Labute approximate surface area is 115 Å². The molecule has 2 rings (SSSR count). The second-order valence-electron chi connectivity index (χ2n) is 2.25. The van der Waals surface area contributed by atoms with Crippen LogP contribution < -0.4 is 4.74 Å². The first-order valence-corrected chi connectivity index (χ1v) is 3.35. The summed E-state index contributed by atoms with van der Waals surface area (Å²) in [6.45, 7) is 0.705. The Kier molecular flexibility index (Phi) is 6.50. The normalized spacial score (nSPS) is 11.7. The topological polar surface area (TPSA) is 9.23 Å². The van der Waals surface area contributed by atoms with Gasteiger partial charge in [0.2, 0.25) is 0 Å². The van der Waals surface area contributed by atoms with E-state index in [1.54, 1.807) is 0 Å². The Morgan fingerprint density at radius 2 is 1.92 bits per heavy atom. The van der Waals surface area contributed by atoms with Gasteiger partial charge in [-0.3, -0.25) is 0 Å². The van der Waals surface area contributed by atoms with Gasteiger partial charge in [0.1, 0.15) is 12.4 Å². The van der Waals surface area contributed by atoms with Crippen LogP contribution in [-0.2, 0) is 19.5 Å². The molecule has 0 atom stereocenters. The summed E-state index contributed by atoms with van der Waals surface area (Å²) in [5.74, 6) is 0.991.